The molecule has 0 atom stereocenters. The molecule has 1 aliphatic carbocycles. The molecule has 11 heavy (non-hydrogen) atoms. The first-order valence-corrected chi connectivity index (χ1v) is 4.21. The van der Waals surface area contributed by atoms with E-state index in [1.165, 1.54) is 29.5 Å². The Bertz CT molecular complexity index is 284. The molecule has 0 nitrogen and oxygen atoms in total. The molecule has 2 rings (SSSR count). The van der Waals surface area contributed by atoms with Crippen molar-refractivity contribution in [2.24, 2.45) is 0 Å². The Morgan fingerprint density at radius 2 is 2.00 bits per heavy atom. The average molecular weight is 145 g/mol. The van der Waals surface area contributed by atoms with Gasteiger partial charge in [-0.2, -0.15) is 0 Å². The van der Waals surface area contributed by atoms with Gasteiger partial charge in [0.1, 0.15) is 0 Å². The fourth-order valence-electron chi connectivity index (χ4n) is 1.94. The monoisotopic (exact) mass is 145 g/mol. The lowest BCUT2D eigenvalue weighted by Gasteiger charge is -2.04. The molecule has 0 aromatic heterocycles. The van der Waals surface area contributed by atoms with Crippen LogP contribution in [0, 0.1) is 20.3 Å². The molecule has 0 saturated heterocycles. The Balaban J connectivity index is 2.60. The third-order valence-corrected chi connectivity index (χ3v) is 2.38. The Hall–Kier alpha value is -0.780. The maximum absolute atomic E-state index is 2.35. The number of aryl methyl sites for hydroxylation is 3. The van der Waals surface area contributed by atoms with Crippen LogP contribution in [0.2, 0.25) is 0 Å². The first-order chi connectivity index (χ1) is 5.27. The Labute approximate surface area is 68.3 Å². The summed E-state index contributed by atoms with van der Waals surface area (Å²) in [5.41, 5.74) is 5.88. The zero-order valence-corrected chi connectivity index (χ0v) is 7.15. The zero-order valence-electron chi connectivity index (χ0n) is 7.15. The third-order valence-electron chi connectivity index (χ3n) is 2.38. The molecule has 0 heterocycles. The molecule has 1 radical (unpaired) electrons. The smallest absolute Gasteiger partial charge is 0.00843 e. The highest BCUT2D eigenvalue weighted by Crippen LogP contribution is 2.27. The molecular weight excluding hydrogens is 132 g/mol. The summed E-state index contributed by atoms with van der Waals surface area (Å²) in [7, 11) is 0. The van der Waals surface area contributed by atoms with E-state index in [1.54, 1.807) is 5.56 Å². The van der Waals surface area contributed by atoms with Gasteiger partial charge >= 0.3 is 0 Å². The topological polar surface area (TPSA) is 0 Å². The van der Waals surface area contributed by atoms with E-state index in [2.05, 4.69) is 32.4 Å². The molecule has 0 unspecified atom stereocenters. The summed E-state index contributed by atoms with van der Waals surface area (Å²) >= 11 is 0. The zero-order chi connectivity index (χ0) is 7.84. The van der Waals surface area contributed by atoms with Crippen LogP contribution < -0.4 is 0 Å². The van der Waals surface area contributed by atoms with Gasteiger partial charge in [0.05, 0.1) is 0 Å². The highest BCUT2D eigenvalue weighted by molar-refractivity contribution is 5.45. The molecule has 0 fully saturated rings. The summed E-state index contributed by atoms with van der Waals surface area (Å²) in [4.78, 5) is 0. The summed E-state index contributed by atoms with van der Waals surface area (Å²) in [6.07, 6.45) is 4.83. The van der Waals surface area contributed by atoms with E-state index in [0.717, 1.165) is 0 Å². The fourth-order valence-corrected chi connectivity index (χ4v) is 1.94. The van der Waals surface area contributed by atoms with Crippen molar-refractivity contribution in [1.82, 2.24) is 0 Å². The van der Waals surface area contributed by atoms with Crippen molar-refractivity contribution >= 4 is 0 Å². The maximum Gasteiger partial charge on any atom is -0.00843 e. The van der Waals surface area contributed by atoms with Gasteiger partial charge in [-0.25, -0.2) is 0 Å². The Morgan fingerprint density at radius 3 is 2.82 bits per heavy atom. The Kier molecular flexibility index (Phi) is 1.49. The predicted octanol–water partition coefficient (Wildman–Crippen LogP) is 2.80. The molecule has 0 heteroatoms. The second-order valence-corrected chi connectivity index (χ2v) is 3.40. The first-order valence-electron chi connectivity index (χ1n) is 4.21. The number of hydrogen-bond acceptors (Lipinski definition) is 0. The maximum atomic E-state index is 2.35. The van der Waals surface area contributed by atoms with Crippen LogP contribution in [0.1, 0.15) is 28.7 Å². The van der Waals surface area contributed by atoms with Crippen molar-refractivity contribution in [3.05, 3.63) is 40.8 Å². The van der Waals surface area contributed by atoms with Crippen molar-refractivity contribution in [3.63, 3.8) is 0 Å². The SMILES string of the molecule is Cc1cc(C)c2c(c1)CC[CH]2. The van der Waals surface area contributed by atoms with Crippen LogP contribution >= 0.6 is 0 Å². The van der Waals surface area contributed by atoms with E-state index in [4.69, 9.17) is 0 Å². The van der Waals surface area contributed by atoms with Crippen LogP contribution in [0.25, 0.3) is 0 Å². The highest BCUT2D eigenvalue weighted by atomic mass is 14.2. The lowest BCUT2D eigenvalue weighted by Crippen LogP contribution is -1.87. The first kappa shape index (κ1) is 6.90. The lowest BCUT2D eigenvalue weighted by molar-refractivity contribution is 1.03. The number of rotatable bonds is 0. The van der Waals surface area contributed by atoms with E-state index in [1.807, 2.05) is 0 Å². The highest BCUT2D eigenvalue weighted by Gasteiger charge is 2.12. The van der Waals surface area contributed by atoms with E-state index in [-0.39, 0.29) is 0 Å². The Morgan fingerprint density at radius 1 is 1.18 bits per heavy atom. The summed E-state index contributed by atoms with van der Waals surface area (Å²) in [5.74, 6) is 0. The van der Waals surface area contributed by atoms with Crippen molar-refractivity contribution in [3.8, 4) is 0 Å². The van der Waals surface area contributed by atoms with E-state index in [9.17, 15) is 0 Å². The van der Waals surface area contributed by atoms with Crippen LogP contribution in [0.15, 0.2) is 12.1 Å². The minimum absolute atomic E-state index is 1.24. The van der Waals surface area contributed by atoms with Crippen LogP contribution in [0.4, 0.5) is 0 Å². The van der Waals surface area contributed by atoms with Crippen molar-refractivity contribution in [2.75, 3.05) is 0 Å². The van der Waals surface area contributed by atoms with Gasteiger partial charge in [0, 0.05) is 0 Å². The second-order valence-electron chi connectivity index (χ2n) is 3.40. The quantitative estimate of drug-likeness (QED) is 0.526. The molecule has 1 aromatic rings. The van der Waals surface area contributed by atoms with Crippen LogP contribution in [0.3, 0.4) is 0 Å². The van der Waals surface area contributed by atoms with Crippen molar-refractivity contribution < 1.29 is 0 Å². The summed E-state index contributed by atoms with van der Waals surface area (Å²) in [6.45, 7) is 4.37. The third kappa shape index (κ3) is 1.07. The molecule has 1 aromatic carbocycles. The number of hydrogen-bond donors (Lipinski definition) is 0. The van der Waals surface area contributed by atoms with Crippen LogP contribution in [-0.2, 0) is 6.42 Å². The number of fused-ring (bicyclic) bond motifs is 1. The molecule has 0 bridgehead atoms. The summed E-state index contributed by atoms with van der Waals surface area (Å²) in [6, 6.07) is 4.58. The number of benzene rings is 1. The molecule has 0 N–H and O–H groups in total. The molecule has 1 aliphatic rings. The van der Waals surface area contributed by atoms with Gasteiger partial charge in [-0.1, -0.05) is 17.7 Å². The normalized spacial score (nSPS) is 15.1. The minimum atomic E-state index is 1.24. The van der Waals surface area contributed by atoms with Crippen LogP contribution in [0.5, 0.6) is 0 Å². The molecule has 0 aliphatic heterocycles. The minimum Gasteiger partial charge on any atom is -0.0561 e. The second kappa shape index (κ2) is 2.37. The average Bonchev–Trinajstić information content (AvgIpc) is 2.34. The lowest BCUT2D eigenvalue weighted by atomic mass is 10.0. The standard InChI is InChI=1S/C11H13/c1-8-6-9(2)11-5-3-4-10(11)7-8/h5-7H,3-4H2,1-2H3. The van der Waals surface area contributed by atoms with Gasteiger partial charge < -0.3 is 0 Å². The van der Waals surface area contributed by atoms with Gasteiger partial charge in [-0.3, -0.25) is 0 Å². The van der Waals surface area contributed by atoms with Gasteiger partial charge in [-0.15, -0.1) is 0 Å². The van der Waals surface area contributed by atoms with E-state index >= 15 is 0 Å². The molecule has 0 saturated carbocycles. The largest absolute Gasteiger partial charge is 0.0561 e. The van der Waals surface area contributed by atoms with Gasteiger partial charge in [0.25, 0.3) is 0 Å². The van der Waals surface area contributed by atoms with Gasteiger partial charge in [0.2, 0.25) is 0 Å². The van der Waals surface area contributed by atoms with Gasteiger partial charge in [-0.05, 0) is 49.8 Å². The van der Waals surface area contributed by atoms with E-state index < -0.39 is 0 Å². The van der Waals surface area contributed by atoms with Crippen molar-refractivity contribution in [2.45, 2.75) is 26.7 Å². The summed E-state index contributed by atoms with van der Waals surface area (Å²) < 4.78 is 0. The fraction of sp³-hybridized carbons (Fsp3) is 0.364. The molecule has 0 amide bonds. The molecular formula is C11H13. The van der Waals surface area contributed by atoms with E-state index in [0.29, 0.717) is 0 Å². The van der Waals surface area contributed by atoms with Crippen LogP contribution in [-0.4, -0.2) is 0 Å². The summed E-state index contributed by atoms with van der Waals surface area (Å²) in [5, 5.41) is 0. The predicted molar refractivity (Wildman–Crippen MR) is 47.6 cm³/mol. The molecule has 0 spiro atoms. The molecule has 57 valence electrons. The van der Waals surface area contributed by atoms with Gasteiger partial charge in [0.15, 0.2) is 0 Å². The van der Waals surface area contributed by atoms with Crippen molar-refractivity contribution in [1.29, 1.82) is 0 Å².